The maximum absolute atomic E-state index is 5.72. The first-order chi connectivity index (χ1) is 8.40. The molecular formula is C14H16N2O. The van der Waals surface area contributed by atoms with Crippen molar-refractivity contribution in [2.24, 2.45) is 0 Å². The zero-order valence-electron chi connectivity index (χ0n) is 9.89. The van der Waals surface area contributed by atoms with Crippen molar-refractivity contribution >= 4 is 0 Å². The SMILES string of the molecule is CNCc1cccnc1OCc1ccccc1. The molecule has 1 N–H and O–H groups in total. The van der Waals surface area contributed by atoms with E-state index in [1.807, 2.05) is 49.5 Å². The van der Waals surface area contributed by atoms with Gasteiger partial charge >= 0.3 is 0 Å². The summed E-state index contributed by atoms with van der Waals surface area (Å²) in [6.07, 6.45) is 1.75. The van der Waals surface area contributed by atoms with E-state index in [1.54, 1.807) is 6.20 Å². The molecule has 0 aliphatic rings. The van der Waals surface area contributed by atoms with Crippen LogP contribution >= 0.6 is 0 Å². The van der Waals surface area contributed by atoms with E-state index in [9.17, 15) is 0 Å². The highest BCUT2D eigenvalue weighted by Gasteiger charge is 2.03. The lowest BCUT2D eigenvalue weighted by atomic mass is 10.2. The Kier molecular flexibility index (Phi) is 4.11. The van der Waals surface area contributed by atoms with Crippen molar-refractivity contribution in [2.75, 3.05) is 7.05 Å². The molecule has 1 heterocycles. The lowest BCUT2D eigenvalue weighted by Crippen LogP contribution is -2.08. The molecule has 0 atom stereocenters. The third-order valence-corrected chi connectivity index (χ3v) is 2.44. The van der Waals surface area contributed by atoms with Crippen molar-refractivity contribution in [2.45, 2.75) is 13.2 Å². The molecule has 0 spiro atoms. The molecule has 0 aliphatic carbocycles. The van der Waals surface area contributed by atoms with Crippen molar-refractivity contribution < 1.29 is 4.74 Å². The number of hydrogen-bond acceptors (Lipinski definition) is 3. The van der Waals surface area contributed by atoms with Crippen molar-refractivity contribution in [3.8, 4) is 5.88 Å². The summed E-state index contributed by atoms with van der Waals surface area (Å²) in [5.74, 6) is 0.700. The quantitative estimate of drug-likeness (QED) is 0.853. The molecule has 17 heavy (non-hydrogen) atoms. The fourth-order valence-corrected chi connectivity index (χ4v) is 1.60. The first-order valence-electron chi connectivity index (χ1n) is 5.65. The number of hydrogen-bond donors (Lipinski definition) is 1. The Labute approximate surface area is 101 Å². The van der Waals surface area contributed by atoms with Crippen LogP contribution in [-0.2, 0) is 13.2 Å². The van der Waals surface area contributed by atoms with Gasteiger partial charge in [0, 0.05) is 18.3 Å². The predicted octanol–water partition coefficient (Wildman–Crippen LogP) is 2.38. The summed E-state index contributed by atoms with van der Waals surface area (Å²) in [6, 6.07) is 14.0. The summed E-state index contributed by atoms with van der Waals surface area (Å²) in [6.45, 7) is 1.31. The zero-order chi connectivity index (χ0) is 11.9. The van der Waals surface area contributed by atoms with Gasteiger partial charge in [0.15, 0.2) is 0 Å². The number of nitrogens with zero attached hydrogens (tertiary/aromatic N) is 1. The van der Waals surface area contributed by atoms with E-state index >= 15 is 0 Å². The first-order valence-corrected chi connectivity index (χ1v) is 5.65. The van der Waals surface area contributed by atoms with Crippen molar-refractivity contribution in [3.05, 3.63) is 59.8 Å². The van der Waals surface area contributed by atoms with Gasteiger partial charge in [0.25, 0.3) is 0 Å². The van der Waals surface area contributed by atoms with Crippen molar-refractivity contribution in [1.82, 2.24) is 10.3 Å². The van der Waals surface area contributed by atoms with E-state index in [1.165, 1.54) is 0 Å². The molecule has 0 amide bonds. The van der Waals surface area contributed by atoms with Crippen LogP contribution in [0.5, 0.6) is 5.88 Å². The molecule has 0 saturated carbocycles. The molecule has 0 aliphatic heterocycles. The topological polar surface area (TPSA) is 34.2 Å². The van der Waals surface area contributed by atoms with Gasteiger partial charge in [-0.3, -0.25) is 0 Å². The summed E-state index contributed by atoms with van der Waals surface area (Å²) in [7, 11) is 1.91. The summed E-state index contributed by atoms with van der Waals surface area (Å²) in [4.78, 5) is 4.25. The highest BCUT2D eigenvalue weighted by molar-refractivity contribution is 5.25. The Bertz CT molecular complexity index is 457. The highest BCUT2D eigenvalue weighted by Crippen LogP contribution is 2.15. The first kappa shape index (κ1) is 11.6. The minimum Gasteiger partial charge on any atom is -0.473 e. The number of rotatable bonds is 5. The number of aromatic nitrogens is 1. The normalized spacial score (nSPS) is 10.2. The zero-order valence-corrected chi connectivity index (χ0v) is 9.89. The molecular weight excluding hydrogens is 212 g/mol. The van der Waals surface area contributed by atoms with Gasteiger partial charge in [-0.15, -0.1) is 0 Å². The summed E-state index contributed by atoms with van der Waals surface area (Å²) in [5.41, 5.74) is 2.22. The second-order valence-corrected chi connectivity index (χ2v) is 3.77. The van der Waals surface area contributed by atoms with Gasteiger partial charge in [0.1, 0.15) is 6.61 Å². The van der Waals surface area contributed by atoms with Crippen molar-refractivity contribution in [1.29, 1.82) is 0 Å². The van der Waals surface area contributed by atoms with Crippen LogP contribution in [0.4, 0.5) is 0 Å². The van der Waals surface area contributed by atoms with Crippen LogP contribution in [0.1, 0.15) is 11.1 Å². The van der Waals surface area contributed by atoms with Gasteiger partial charge in [-0.1, -0.05) is 36.4 Å². The molecule has 0 unspecified atom stereocenters. The monoisotopic (exact) mass is 228 g/mol. The Morgan fingerprint density at radius 3 is 2.71 bits per heavy atom. The van der Waals surface area contributed by atoms with E-state index in [0.29, 0.717) is 12.5 Å². The molecule has 1 aromatic carbocycles. The smallest absolute Gasteiger partial charge is 0.218 e. The third-order valence-electron chi connectivity index (χ3n) is 2.44. The van der Waals surface area contributed by atoms with Crippen LogP contribution < -0.4 is 10.1 Å². The Hall–Kier alpha value is -1.87. The molecule has 1 aromatic heterocycles. The minimum atomic E-state index is 0.550. The Morgan fingerprint density at radius 2 is 1.94 bits per heavy atom. The maximum Gasteiger partial charge on any atom is 0.218 e. The second kappa shape index (κ2) is 6.01. The van der Waals surface area contributed by atoms with Crippen LogP contribution in [0.3, 0.4) is 0 Å². The third kappa shape index (κ3) is 3.29. The van der Waals surface area contributed by atoms with Crippen LogP contribution in [0.2, 0.25) is 0 Å². The minimum absolute atomic E-state index is 0.550. The van der Waals surface area contributed by atoms with E-state index < -0.39 is 0 Å². The van der Waals surface area contributed by atoms with Crippen molar-refractivity contribution in [3.63, 3.8) is 0 Å². The average Bonchev–Trinajstić information content (AvgIpc) is 2.39. The molecule has 0 bridgehead atoms. The largest absolute Gasteiger partial charge is 0.473 e. The fraction of sp³-hybridized carbons (Fsp3) is 0.214. The van der Waals surface area contributed by atoms with Crippen LogP contribution in [-0.4, -0.2) is 12.0 Å². The summed E-state index contributed by atoms with van der Waals surface area (Å²) < 4.78 is 5.72. The number of benzene rings is 1. The van der Waals surface area contributed by atoms with Crippen LogP contribution in [0, 0.1) is 0 Å². The van der Waals surface area contributed by atoms with E-state index in [2.05, 4.69) is 10.3 Å². The molecule has 3 nitrogen and oxygen atoms in total. The maximum atomic E-state index is 5.72. The molecule has 0 fully saturated rings. The Morgan fingerprint density at radius 1 is 1.12 bits per heavy atom. The van der Waals surface area contributed by atoms with Gasteiger partial charge in [0.05, 0.1) is 0 Å². The van der Waals surface area contributed by atoms with E-state index in [0.717, 1.165) is 17.7 Å². The van der Waals surface area contributed by atoms with E-state index in [-0.39, 0.29) is 0 Å². The number of pyridine rings is 1. The average molecular weight is 228 g/mol. The number of nitrogens with one attached hydrogen (secondary N) is 1. The molecule has 2 rings (SSSR count). The second-order valence-electron chi connectivity index (χ2n) is 3.77. The molecule has 88 valence electrons. The summed E-state index contributed by atoms with van der Waals surface area (Å²) in [5, 5.41) is 3.10. The standard InChI is InChI=1S/C14H16N2O/c1-15-10-13-8-5-9-16-14(13)17-11-12-6-3-2-4-7-12/h2-9,15H,10-11H2,1H3. The van der Waals surface area contributed by atoms with Gasteiger partial charge < -0.3 is 10.1 Å². The van der Waals surface area contributed by atoms with Gasteiger partial charge in [-0.2, -0.15) is 0 Å². The lowest BCUT2D eigenvalue weighted by Gasteiger charge is -2.09. The Balaban J connectivity index is 2.03. The molecule has 0 saturated heterocycles. The predicted molar refractivity (Wildman–Crippen MR) is 67.8 cm³/mol. The molecule has 3 heteroatoms. The fourth-order valence-electron chi connectivity index (χ4n) is 1.60. The van der Waals surface area contributed by atoms with Gasteiger partial charge in [0.2, 0.25) is 5.88 Å². The molecule has 2 aromatic rings. The lowest BCUT2D eigenvalue weighted by molar-refractivity contribution is 0.290. The molecule has 0 radical (unpaired) electrons. The van der Waals surface area contributed by atoms with Crippen LogP contribution in [0.25, 0.3) is 0 Å². The van der Waals surface area contributed by atoms with Gasteiger partial charge in [-0.05, 0) is 18.7 Å². The van der Waals surface area contributed by atoms with Crippen LogP contribution in [0.15, 0.2) is 48.7 Å². The summed E-state index contributed by atoms with van der Waals surface area (Å²) >= 11 is 0. The highest BCUT2D eigenvalue weighted by atomic mass is 16.5. The number of ether oxygens (including phenoxy) is 1. The van der Waals surface area contributed by atoms with E-state index in [4.69, 9.17) is 4.74 Å². The van der Waals surface area contributed by atoms with Gasteiger partial charge in [-0.25, -0.2) is 4.98 Å².